The Bertz CT molecular complexity index is 415. The van der Waals surface area contributed by atoms with Gasteiger partial charge in [-0.05, 0) is 31.0 Å². The fourth-order valence-electron chi connectivity index (χ4n) is 1.35. The maximum Gasteiger partial charge on any atom is 0.323 e. The van der Waals surface area contributed by atoms with Gasteiger partial charge in [-0.2, -0.15) is 5.26 Å². The fraction of sp³-hybridized carbons (Fsp3) is 0.333. The summed E-state index contributed by atoms with van der Waals surface area (Å²) in [6.07, 6.45) is 0.383. The maximum atomic E-state index is 11.3. The van der Waals surface area contributed by atoms with Crippen molar-refractivity contribution < 1.29 is 9.53 Å². The molecule has 0 bridgehead atoms. The van der Waals surface area contributed by atoms with E-state index in [4.69, 9.17) is 15.7 Å². The lowest BCUT2D eigenvalue weighted by Gasteiger charge is -2.10. The molecule has 0 aromatic heterocycles. The molecule has 92 valence electrons. The molecule has 1 rings (SSSR count). The first-order valence-corrected chi connectivity index (χ1v) is 5.08. The molecule has 1 aromatic carbocycles. The molecule has 0 aliphatic rings. The molecule has 17 heavy (non-hydrogen) atoms. The Labute approximate surface area is 107 Å². The van der Waals surface area contributed by atoms with Crippen LogP contribution in [0.2, 0.25) is 0 Å². The van der Waals surface area contributed by atoms with Gasteiger partial charge < -0.3 is 10.5 Å². The zero-order chi connectivity index (χ0) is 12.0. The van der Waals surface area contributed by atoms with E-state index in [0.717, 1.165) is 5.56 Å². The molecular weight excluding hydrogens is 240 g/mol. The van der Waals surface area contributed by atoms with Crippen molar-refractivity contribution in [2.45, 2.75) is 19.4 Å². The van der Waals surface area contributed by atoms with Gasteiger partial charge >= 0.3 is 5.97 Å². The van der Waals surface area contributed by atoms with E-state index < -0.39 is 12.0 Å². The second-order valence-corrected chi connectivity index (χ2v) is 3.37. The number of nitrogens with zero attached hydrogens (tertiary/aromatic N) is 1. The van der Waals surface area contributed by atoms with Gasteiger partial charge in [-0.25, -0.2) is 0 Å². The van der Waals surface area contributed by atoms with Crippen molar-refractivity contribution >= 4 is 18.4 Å². The lowest BCUT2D eigenvalue weighted by atomic mass is 10.0. The Balaban J connectivity index is 0.00000256. The zero-order valence-electron chi connectivity index (χ0n) is 9.55. The molecule has 0 spiro atoms. The van der Waals surface area contributed by atoms with E-state index in [1.54, 1.807) is 25.1 Å². The second kappa shape index (κ2) is 7.66. The van der Waals surface area contributed by atoms with Crippen molar-refractivity contribution in [2.24, 2.45) is 5.73 Å². The molecule has 0 aliphatic heterocycles. The van der Waals surface area contributed by atoms with Crippen LogP contribution in [0.1, 0.15) is 18.1 Å². The lowest BCUT2D eigenvalue weighted by Crippen LogP contribution is -2.34. The Hall–Kier alpha value is -1.57. The molecule has 0 fully saturated rings. The van der Waals surface area contributed by atoms with Crippen molar-refractivity contribution in [1.29, 1.82) is 5.26 Å². The van der Waals surface area contributed by atoms with E-state index in [1.807, 2.05) is 12.1 Å². The third kappa shape index (κ3) is 4.85. The van der Waals surface area contributed by atoms with Gasteiger partial charge in [0.25, 0.3) is 0 Å². The van der Waals surface area contributed by atoms with Crippen LogP contribution >= 0.6 is 12.4 Å². The first kappa shape index (κ1) is 15.4. The highest BCUT2D eigenvalue weighted by Crippen LogP contribution is 2.07. The first-order chi connectivity index (χ1) is 7.67. The summed E-state index contributed by atoms with van der Waals surface area (Å²) in [5.41, 5.74) is 7.09. The zero-order valence-corrected chi connectivity index (χ0v) is 10.4. The number of nitrogens with two attached hydrogens (primary N) is 1. The van der Waals surface area contributed by atoms with Crippen LogP contribution in [0.3, 0.4) is 0 Å². The van der Waals surface area contributed by atoms with Crippen molar-refractivity contribution in [3.63, 3.8) is 0 Å². The molecule has 0 saturated heterocycles. The minimum atomic E-state index is -0.672. The van der Waals surface area contributed by atoms with Crippen molar-refractivity contribution in [3.05, 3.63) is 35.4 Å². The van der Waals surface area contributed by atoms with Gasteiger partial charge in [0.2, 0.25) is 0 Å². The number of esters is 1. The highest BCUT2D eigenvalue weighted by molar-refractivity contribution is 5.85. The number of hydrogen-bond acceptors (Lipinski definition) is 4. The summed E-state index contributed by atoms with van der Waals surface area (Å²) >= 11 is 0. The number of halogens is 1. The Kier molecular flexibility index (Phi) is 6.95. The van der Waals surface area contributed by atoms with Gasteiger partial charge in [0, 0.05) is 0 Å². The summed E-state index contributed by atoms with van der Waals surface area (Å²) < 4.78 is 4.80. The van der Waals surface area contributed by atoms with E-state index in [-0.39, 0.29) is 12.4 Å². The van der Waals surface area contributed by atoms with Crippen LogP contribution < -0.4 is 5.73 Å². The van der Waals surface area contributed by atoms with Crippen LogP contribution in [-0.2, 0) is 16.0 Å². The minimum absolute atomic E-state index is 0. The molecule has 4 nitrogen and oxygen atoms in total. The summed E-state index contributed by atoms with van der Waals surface area (Å²) in [6, 6.07) is 8.40. The SMILES string of the molecule is CCOC(=O)[C@@H](N)Cc1cccc(C#N)c1.Cl. The fourth-order valence-corrected chi connectivity index (χ4v) is 1.35. The van der Waals surface area contributed by atoms with Crippen LogP contribution in [-0.4, -0.2) is 18.6 Å². The smallest absolute Gasteiger partial charge is 0.323 e. The summed E-state index contributed by atoms with van der Waals surface area (Å²) in [5, 5.41) is 8.72. The summed E-state index contributed by atoms with van der Waals surface area (Å²) in [4.78, 5) is 11.3. The first-order valence-electron chi connectivity index (χ1n) is 5.08. The molecule has 0 saturated carbocycles. The number of nitriles is 1. The molecule has 1 atom stereocenters. The predicted molar refractivity (Wildman–Crippen MR) is 66.7 cm³/mol. The molecule has 5 heteroatoms. The van der Waals surface area contributed by atoms with Crippen LogP contribution in [0.15, 0.2) is 24.3 Å². The van der Waals surface area contributed by atoms with Crippen LogP contribution in [0.5, 0.6) is 0 Å². The van der Waals surface area contributed by atoms with Gasteiger partial charge in [-0.15, -0.1) is 12.4 Å². The maximum absolute atomic E-state index is 11.3. The molecule has 0 heterocycles. The monoisotopic (exact) mass is 254 g/mol. The molecule has 2 N–H and O–H groups in total. The van der Waals surface area contributed by atoms with E-state index in [2.05, 4.69) is 0 Å². The third-order valence-electron chi connectivity index (χ3n) is 2.10. The quantitative estimate of drug-likeness (QED) is 0.825. The Morgan fingerprint density at radius 2 is 2.29 bits per heavy atom. The number of hydrogen-bond donors (Lipinski definition) is 1. The van der Waals surface area contributed by atoms with E-state index in [1.165, 1.54) is 0 Å². The van der Waals surface area contributed by atoms with Crippen molar-refractivity contribution in [3.8, 4) is 6.07 Å². The van der Waals surface area contributed by atoms with Crippen LogP contribution in [0.4, 0.5) is 0 Å². The summed E-state index contributed by atoms with van der Waals surface area (Å²) in [6.45, 7) is 2.06. The molecular formula is C12H15ClN2O2. The standard InChI is InChI=1S/C12H14N2O2.ClH/c1-2-16-12(15)11(14)7-9-4-3-5-10(6-9)8-13;/h3-6,11H,2,7,14H2,1H3;1H/t11-;/m0./s1. The van der Waals surface area contributed by atoms with Gasteiger partial charge in [0.15, 0.2) is 0 Å². The normalized spacial score (nSPS) is 10.9. The summed E-state index contributed by atoms with van der Waals surface area (Å²) in [7, 11) is 0. The van der Waals surface area contributed by atoms with E-state index in [0.29, 0.717) is 18.6 Å². The Morgan fingerprint density at radius 1 is 1.59 bits per heavy atom. The Morgan fingerprint density at radius 3 is 2.88 bits per heavy atom. The lowest BCUT2D eigenvalue weighted by molar-refractivity contribution is -0.144. The average molecular weight is 255 g/mol. The molecule has 0 radical (unpaired) electrons. The number of rotatable bonds is 4. The highest BCUT2D eigenvalue weighted by Gasteiger charge is 2.14. The number of benzene rings is 1. The van der Waals surface area contributed by atoms with Gasteiger partial charge in [-0.3, -0.25) is 4.79 Å². The molecule has 0 amide bonds. The van der Waals surface area contributed by atoms with E-state index in [9.17, 15) is 4.79 Å². The number of ether oxygens (including phenoxy) is 1. The van der Waals surface area contributed by atoms with E-state index >= 15 is 0 Å². The van der Waals surface area contributed by atoms with Crippen LogP contribution in [0.25, 0.3) is 0 Å². The third-order valence-corrected chi connectivity index (χ3v) is 2.10. The van der Waals surface area contributed by atoms with Gasteiger partial charge in [0.1, 0.15) is 6.04 Å². The van der Waals surface area contributed by atoms with Crippen molar-refractivity contribution in [2.75, 3.05) is 6.61 Å². The number of carbonyl (C=O) groups excluding carboxylic acids is 1. The highest BCUT2D eigenvalue weighted by atomic mass is 35.5. The molecule has 1 aromatic rings. The summed E-state index contributed by atoms with van der Waals surface area (Å²) in [5.74, 6) is -0.412. The molecule has 0 aliphatic carbocycles. The second-order valence-electron chi connectivity index (χ2n) is 3.37. The number of carbonyl (C=O) groups is 1. The largest absolute Gasteiger partial charge is 0.465 e. The minimum Gasteiger partial charge on any atom is -0.465 e. The topological polar surface area (TPSA) is 76.1 Å². The molecule has 0 unspecified atom stereocenters. The van der Waals surface area contributed by atoms with Gasteiger partial charge in [-0.1, -0.05) is 12.1 Å². The van der Waals surface area contributed by atoms with Gasteiger partial charge in [0.05, 0.1) is 18.2 Å². The predicted octanol–water partition coefficient (Wildman–Crippen LogP) is 1.41. The van der Waals surface area contributed by atoms with Crippen LogP contribution in [0, 0.1) is 11.3 Å². The van der Waals surface area contributed by atoms with Crippen molar-refractivity contribution in [1.82, 2.24) is 0 Å². The average Bonchev–Trinajstić information content (AvgIpc) is 2.29.